The normalized spacial score (nSPS) is 23.0. The minimum atomic E-state index is -0.306. The lowest BCUT2D eigenvalue weighted by atomic mass is 9.92. The maximum atomic E-state index is 10.3. The second-order valence-corrected chi connectivity index (χ2v) is 5.52. The maximum Gasteiger partial charge on any atom is 0.0826 e. The first kappa shape index (κ1) is 12.0. The van der Waals surface area contributed by atoms with Gasteiger partial charge in [0.2, 0.25) is 0 Å². The van der Waals surface area contributed by atoms with Crippen LogP contribution < -0.4 is 5.73 Å². The van der Waals surface area contributed by atoms with E-state index in [0.717, 1.165) is 23.3 Å². The molecule has 2 atom stereocenters. The van der Waals surface area contributed by atoms with Gasteiger partial charge < -0.3 is 10.8 Å². The Morgan fingerprint density at radius 1 is 1.38 bits per heavy atom. The molecular weight excluding hydrogens is 218 g/mol. The molecule has 1 aliphatic rings. The van der Waals surface area contributed by atoms with E-state index in [0.29, 0.717) is 12.5 Å². The van der Waals surface area contributed by atoms with Gasteiger partial charge in [0.05, 0.1) is 6.10 Å². The molecule has 2 unspecified atom stereocenters. The third-order valence-electron chi connectivity index (χ3n) is 3.20. The van der Waals surface area contributed by atoms with Gasteiger partial charge in [-0.2, -0.15) is 11.8 Å². The molecule has 2 nitrogen and oxygen atoms in total. The molecule has 3 heteroatoms. The van der Waals surface area contributed by atoms with Crippen LogP contribution in [-0.2, 0) is 6.54 Å². The molecule has 1 saturated heterocycles. The van der Waals surface area contributed by atoms with Crippen molar-refractivity contribution in [2.45, 2.75) is 25.5 Å². The Kier molecular flexibility index (Phi) is 4.27. The van der Waals surface area contributed by atoms with Crippen LogP contribution in [0.4, 0.5) is 0 Å². The van der Waals surface area contributed by atoms with Crippen LogP contribution in [0.15, 0.2) is 24.3 Å². The van der Waals surface area contributed by atoms with E-state index < -0.39 is 0 Å². The van der Waals surface area contributed by atoms with E-state index in [9.17, 15) is 5.11 Å². The van der Waals surface area contributed by atoms with Crippen molar-refractivity contribution in [2.24, 2.45) is 11.7 Å². The van der Waals surface area contributed by atoms with E-state index in [4.69, 9.17) is 5.73 Å². The van der Waals surface area contributed by atoms with Crippen LogP contribution in [-0.4, -0.2) is 16.6 Å². The molecule has 16 heavy (non-hydrogen) atoms. The lowest BCUT2D eigenvalue weighted by molar-refractivity contribution is 0.113. The fourth-order valence-corrected chi connectivity index (χ4v) is 3.33. The molecule has 0 saturated carbocycles. The summed E-state index contributed by atoms with van der Waals surface area (Å²) in [6.07, 6.45) is 2.07. The van der Waals surface area contributed by atoms with Gasteiger partial charge in [-0.05, 0) is 41.4 Å². The van der Waals surface area contributed by atoms with Gasteiger partial charge in [0.1, 0.15) is 0 Å². The highest BCUT2D eigenvalue weighted by atomic mass is 32.2. The Morgan fingerprint density at radius 3 is 2.69 bits per heavy atom. The maximum absolute atomic E-state index is 10.3. The lowest BCUT2D eigenvalue weighted by Gasteiger charge is -2.26. The van der Waals surface area contributed by atoms with E-state index in [1.807, 2.05) is 36.0 Å². The summed E-state index contributed by atoms with van der Waals surface area (Å²) in [6, 6.07) is 8.03. The van der Waals surface area contributed by atoms with Crippen molar-refractivity contribution in [3.8, 4) is 0 Å². The van der Waals surface area contributed by atoms with Crippen LogP contribution in [0.25, 0.3) is 0 Å². The largest absolute Gasteiger partial charge is 0.388 e. The molecule has 3 N–H and O–H groups in total. The summed E-state index contributed by atoms with van der Waals surface area (Å²) in [4.78, 5) is 0. The highest BCUT2D eigenvalue weighted by molar-refractivity contribution is 7.99. The monoisotopic (exact) mass is 237 g/mol. The highest BCUT2D eigenvalue weighted by Crippen LogP contribution is 2.32. The Bertz CT molecular complexity index is 319. The molecule has 1 heterocycles. The number of rotatable bonds is 3. The fraction of sp³-hybridized carbons (Fsp3) is 0.538. The Balaban J connectivity index is 2.04. The zero-order valence-corrected chi connectivity index (χ0v) is 10.2. The number of hydrogen-bond donors (Lipinski definition) is 2. The molecule has 1 aromatic carbocycles. The van der Waals surface area contributed by atoms with Gasteiger partial charge in [0.15, 0.2) is 0 Å². The first-order valence-corrected chi connectivity index (χ1v) is 7.01. The van der Waals surface area contributed by atoms with Crippen LogP contribution >= 0.6 is 11.8 Å². The van der Waals surface area contributed by atoms with Crippen molar-refractivity contribution in [3.05, 3.63) is 35.4 Å². The lowest BCUT2D eigenvalue weighted by Crippen LogP contribution is -2.19. The van der Waals surface area contributed by atoms with Gasteiger partial charge >= 0.3 is 0 Å². The number of aliphatic hydroxyl groups excluding tert-OH is 1. The molecule has 0 aliphatic carbocycles. The van der Waals surface area contributed by atoms with E-state index in [1.54, 1.807) is 0 Å². The van der Waals surface area contributed by atoms with E-state index in [-0.39, 0.29) is 6.10 Å². The zero-order valence-electron chi connectivity index (χ0n) is 9.43. The van der Waals surface area contributed by atoms with E-state index in [2.05, 4.69) is 0 Å². The number of aliphatic hydroxyl groups is 1. The second-order valence-electron chi connectivity index (χ2n) is 4.37. The third-order valence-corrected chi connectivity index (χ3v) is 4.44. The van der Waals surface area contributed by atoms with E-state index in [1.165, 1.54) is 12.2 Å². The summed E-state index contributed by atoms with van der Waals surface area (Å²) in [5, 5.41) is 10.3. The van der Waals surface area contributed by atoms with Crippen molar-refractivity contribution >= 4 is 11.8 Å². The van der Waals surface area contributed by atoms with Crippen LogP contribution in [0.2, 0.25) is 0 Å². The first-order chi connectivity index (χ1) is 7.81. The van der Waals surface area contributed by atoms with Crippen molar-refractivity contribution in [1.29, 1.82) is 0 Å². The quantitative estimate of drug-likeness (QED) is 0.848. The third kappa shape index (κ3) is 2.78. The van der Waals surface area contributed by atoms with Crippen molar-refractivity contribution < 1.29 is 5.11 Å². The first-order valence-electron chi connectivity index (χ1n) is 5.86. The summed E-state index contributed by atoms with van der Waals surface area (Å²) < 4.78 is 0. The smallest absolute Gasteiger partial charge is 0.0826 e. The number of nitrogens with two attached hydrogens (primary N) is 1. The van der Waals surface area contributed by atoms with Crippen molar-refractivity contribution in [3.63, 3.8) is 0 Å². The topological polar surface area (TPSA) is 46.2 Å². The molecule has 0 spiro atoms. The van der Waals surface area contributed by atoms with E-state index >= 15 is 0 Å². The van der Waals surface area contributed by atoms with Gasteiger partial charge in [-0.1, -0.05) is 24.3 Å². The molecule has 0 amide bonds. The summed E-state index contributed by atoms with van der Waals surface area (Å²) in [6.45, 7) is 0.565. The SMILES string of the molecule is NCc1ccc(C(O)C2CCCSC2)cc1. The average molecular weight is 237 g/mol. The molecule has 88 valence electrons. The van der Waals surface area contributed by atoms with Crippen molar-refractivity contribution in [1.82, 2.24) is 0 Å². The fourth-order valence-electron chi connectivity index (χ4n) is 2.14. The summed E-state index contributed by atoms with van der Waals surface area (Å²) >= 11 is 1.95. The van der Waals surface area contributed by atoms with Gasteiger partial charge in [0, 0.05) is 6.54 Å². The summed E-state index contributed by atoms with van der Waals surface area (Å²) in [5.41, 5.74) is 7.70. The molecule has 1 fully saturated rings. The van der Waals surface area contributed by atoms with Gasteiger partial charge in [-0.25, -0.2) is 0 Å². The Hall–Kier alpha value is -0.510. The summed E-state index contributed by atoms with van der Waals surface area (Å²) in [5.74, 6) is 2.75. The van der Waals surface area contributed by atoms with Crippen LogP contribution in [0.1, 0.15) is 30.1 Å². The molecular formula is C13H19NOS. The molecule has 2 rings (SSSR count). The van der Waals surface area contributed by atoms with Crippen LogP contribution in [0.3, 0.4) is 0 Å². The zero-order chi connectivity index (χ0) is 11.4. The predicted octanol–water partition coefficient (Wildman–Crippen LogP) is 2.32. The van der Waals surface area contributed by atoms with Gasteiger partial charge in [0.25, 0.3) is 0 Å². The summed E-state index contributed by atoms with van der Waals surface area (Å²) in [7, 11) is 0. The Labute approximate surface area is 101 Å². The predicted molar refractivity (Wildman–Crippen MR) is 69.3 cm³/mol. The van der Waals surface area contributed by atoms with Crippen LogP contribution in [0, 0.1) is 5.92 Å². The van der Waals surface area contributed by atoms with Gasteiger partial charge in [-0.15, -0.1) is 0 Å². The molecule has 0 aromatic heterocycles. The average Bonchev–Trinajstić information content (AvgIpc) is 2.39. The molecule has 0 bridgehead atoms. The van der Waals surface area contributed by atoms with Gasteiger partial charge in [-0.3, -0.25) is 0 Å². The molecule has 1 aromatic rings. The van der Waals surface area contributed by atoms with Crippen LogP contribution in [0.5, 0.6) is 0 Å². The molecule has 1 aliphatic heterocycles. The molecule has 0 radical (unpaired) electrons. The second kappa shape index (κ2) is 5.71. The number of benzene rings is 1. The highest BCUT2D eigenvalue weighted by Gasteiger charge is 2.23. The van der Waals surface area contributed by atoms with Crippen molar-refractivity contribution in [2.75, 3.05) is 11.5 Å². The minimum Gasteiger partial charge on any atom is -0.388 e. The minimum absolute atomic E-state index is 0.306. The number of thioether (sulfide) groups is 1. The Morgan fingerprint density at radius 2 is 2.12 bits per heavy atom. The standard InChI is InChI=1S/C13H19NOS/c14-8-10-3-5-11(6-4-10)13(15)12-2-1-7-16-9-12/h3-6,12-13,15H,1-2,7-9,14H2. The number of hydrogen-bond acceptors (Lipinski definition) is 3.